The maximum atomic E-state index is 12.5. The van der Waals surface area contributed by atoms with Crippen LogP contribution in [0.3, 0.4) is 0 Å². The molecule has 7 heteroatoms. The summed E-state index contributed by atoms with van der Waals surface area (Å²) in [6.07, 6.45) is -0.440. The zero-order chi connectivity index (χ0) is 17.7. The first-order chi connectivity index (χ1) is 11.4. The van der Waals surface area contributed by atoms with Gasteiger partial charge < -0.3 is 21.1 Å². The number of rotatable bonds is 6. The van der Waals surface area contributed by atoms with Gasteiger partial charge in [0.2, 0.25) is 5.91 Å². The number of carbonyl (C=O) groups is 2. The van der Waals surface area contributed by atoms with Gasteiger partial charge >= 0.3 is 0 Å². The maximum Gasteiger partial charge on any atom is 0.251 e. The van der Waals surface area contributed by atoms with Crippen molar-refractivity contribution >= 4 is 24.2 Å². The number of aryl methyl sites for hydroxylation is 1. The molecule has 0 saturated carbocycles. The van der Waals surface area contributed by atoms with E-state index in [9.17, 15) is 14.7 Å². The van der Waals surface area contributed by atoms with E-state index in [1.807, 2.05) is 32.9 Å². The van der Waals surface area contributed by atoms with Crippen molar-refractivity contribution in [1.29, 1.82) is 0 Å². The van der Waals surface area contributed by atoms with Gasteiger partial charge in [-0.25, -0.2) is 0 Å². The predicted molar refractivity (Wildman–Crippen MR) is 99.9 cm³/mol. The third-order valence-electron chi connectivity index (χ3n) is 4.36. The summed E-state index contributed by atoms with van der Waals surface area (Å²) in [5, 5.41) is 18.5. The van der Waals surface area contributed by atoms with Crippen molar-refractivity contribution in [2.75, 3.05) is 19.6 Å². The number of halogens is 1. The van der Waals surface area contributed by atoms with E-state index in [2.05, 4.69) is 16.0 Å². The fourth-order valence-corrected chi connectivity index (χ4v) is 2.81. The Balaban J connectivity index is 0.00000312. The molecule has 0 aliphatic carbocycles. The molecule has 1 aliphatic rings. The van der Waals surface area contributed by atoms with Crippen molar-refractivity contribution in [2.45, 2.75) is 32.9 Å². The van der Waals surface area contributed by atoms with Crippen LogP contribution in [0.2, 0.25) is 0 Å². The van der Waals surface area contributed by atoms with Crippen LogP contribution in [0.4, 0.5) is 0 Å². The molecular weight excluding hydrogens is 342 g/mol. The first kappa shape index (κ1) is 21.4. The van der Waals surface area contributed by atoms with Gasteiger partial charge in [0, 0.05) is 31.1 Å². The van der Waals surface area contributed by atoms with Gasteiger partial charge in [-0.2, -0.15) is 0 Å². The van der Waals surface area contributed by atoms with Gasteiger partial charge in [0.25, 0.3) is 5.91 Å². The van der Waals surface area contributed by atoms with Crippen molar-refractivity contribution in [3.63, 3.8) is 0 Å². The SMILES string of the molecule is Cc1cccc(C(=O)NC(C(=O)NCC2CNCC2O)C(C)C)c1.Cl. The lowest BCUT2D eigenvalue weighted by molar-refractivity contribution is -0.124. The normalized spacial score (nSPS) is 20.7. The Morgan fingerprint density at radius 3 is 2.60 bits per heavy atom. The van der Waals surface area contributed by atoms with Gasteiger partial charge in [0.1, 0.15) is 6.04 Å². The summed E-state index contributed by atoms with van der Waals surface area (Å²) in [7, 11) is 0. The molecule has 1 aliphatic heterocycles. The predicted octanol–water partition coefficient (Wildman–Crippen LogP) is 0.868. The van der Waals surface area contributed by atoms with Crippen LogP contribution in [0.25, 0.3) is 0 Å². The van der Waals surface area contributed by atoms with Crippen molar-refractivity contribution in [3.8, 4) is 0 Å². The number of aliphatic hydroxyl groups is 1. The van der Waals surface area contributed by atoms with Crippen LogP contribution in [0.15, 0.2) is 24.3 Å². The number of aliphatic hydroxyl groups excluding tert-OH is 1. The van der Waals surface area contributed by atoms with Gasteiger partial charge in [0.05, 0.1) is 6.10 Å². The van der Waals surface area contributed by atoms with Crippen molar-refractivity contribution < 1.29 is 14.7 Å². The monoisotopic (exact) mass is 369 g/mol. The average molecular weight is 370 g/mol. The van der Waals surface area contributed by atoms with Gasteiger partial charge in [-0.15, -0.1) is 12.4 Å². The second kappa shape index (κ2) is 9.75. The van der Waals surface area contributed by atoms with E-state index < -0.39 is 12.1 Å². The van der Waals surface area contributed by atoms with E-state index in [1.165, 1.54) is 0 Å². The Hall–Kier alpha value is -1.63. The Morgan fingerprint density at radius 2 is 2.04 bits per heavy atom. The largest absolute Gasteiger partial charge is 0.391 e. The summed E-state index contributed by atoms with van der Waals surface area (Å²) in [5.41, 5.74) is 1.54. The molecule has 3 unspecified atom stereocenters. The molecule has 6 nitrogen and oxygen atoms in total. The fraction of sp³-hybridized carbons (Fsp3) is 0.556. The molecule has 1 fully saturated rings. The lowest BCUT2D eigenvalue weighted by atomic mass is 10.0. The number of hydrogen-bond acceptors (Lipinski definition) is 4. The summed E-state index contributed by atoms with van der Waals surface area (Å²) >= 11 is 0. The van der Waals surface area contributed by atoms with Crippen LogP contribution >= 0.6 is 12.4 Å². The van der Waals surface area contributed by atoms with Crippen LogP contribution in [0, 0.1) is 18.8 Å². The first-order valence-corrected chi connectivity index (χ1v) is 8.42. The van der Waals surface area contributed by atoms with Gasteiger partial charge in [-0.05, 0) is 25.0 Å². The second-order valence-electron chi connectivity index (χ2n) is 6.80. The van der Waals surface area contributed by atoms with Gasteiger partial charge in [-0.3, -0.25) is 9.59 Å². The van der Waals surface area contributed by atoms with E-state index in [0.717, 1.165) is 5.56 Å². The van der Waals surface area contributed by atoms with Gasteiger partial charge in [0.15, 0.2) is 0 Å². The molecule has 3 atom stereocenters. The highest BCUT2D eigenvalue weighted by Gasteiger charge is 2.28. The molecule has 1 heterocycles. The smallest absolute Gasteiger partial charge is 0.251 e. The summed E-state index contributed by atoms with van der Waals surface area (Å²) in [6.45, 7) is 7.35. The third-order valence-corrected chi connectivity index (χ3v) is 4.36. The molecule has 2 rings (SSSR count). The average Bonchev–Trinajstić information content (AvgIpc) is 2.95. The van der Waals surface area contributed by atoms with E-state index >= 15 is 0 Å². The van der Waals surface area contributed by atoms with Crippen molar-refractivity contribution in [3.05, 3.63) is 35.4 Å². The molecule has 25 heavy (non-hydrogen) atoms. The van der Waals surface area contributed by atoms with E-state index in [1.54, 1.807) is 12.1 Å². The van der Waals surface area contributed by atoms with Crippen molar-refractivity contribution in [1.82, 2.24) is 16.0 Å². The highest BCUT2D eigenvalue weighted by atomic mass is 35.5. The lowest BCUT2D eigenvalue weighted by Gasteiger charge is -2.23. The minimum absolute atomic E-state index is 0. The zero-order valence-electron chi connectivity index (χ0n) is 14.9. The summed E-state index contributed by atoms with van der Waals surface area (Å²) in [5.74, 6) is -0.500. The van der Waals surface area contributed by atoms with Crippen LogP contribution in [0.1, 0.15) is 29.8 Å². The molecular formula is C18H28ClN3O3. The Bertz CT molecular complexity index is 595. The first-order valence-electron chi connectivity index (χ1n) is 8.42. The van der Waals surface area contributed by atoms with E-state index in [-0.39, 0.29) is 36.1 Å². The zero-order valence-corrected chi connectivity index (χ0v) is 15.7. The Labute approximate surface area is 155 Å². The summed E-state index contributed by atoms with van der Waals surface area (Å²) < 4.78 is 0. The second-order valence-corrected chi connectivity index (χ2v) is 6.80. The number of β-amino-alcohol motifs (C(OH)–C–C–N with tert-alkyl or cyclic N) is 1. The number of nitrogens with one attached hydrogen (secondary N) is 3. The highest BCUT2D eigenvalue weighted by molar-refractivity contribution is 5.97. The third kappa shape index (κ3) is 5.99. The molecule has 4 N–H and O–H groups in total. The van der Waals surface area contributed by atoms with Gasteiger partial charge in [-0.1, -0.05) is 31.5 Å². The fourth-order valence-electron chi connectivity index (χ4n) is 2.81. The quantitative estimate of drug-likeness (QED) is 0.599. The minimum atomic E-state index is -0.607. The summed E-state index contributed by atoms with van der Waals surface area (Å²) in [6, 6.07) is 6.67. The van der Waals surface area contributed by atoms with E-state index in [0.29, 0.717) is 25.2 Å². The van der Waals surface area contributed by atoms with Crippen LogP contribution < -0.4 is 16.0 Å². The highest BCUT2D eigenvalue weighted by Crippen LogP contribution is 2.09. The molecule has 0 spiro atoms. The molecule has 0 aromatic heterocycles. The van der Waals surface area contributed by atoms with Crippen molar-refractivity contribution in [2.24, 2.45) is 11.8 Å². The van der Waals surface area contributed by atoms with Crippen LogP contribution in [-0.4, -0.2) is 48.7 Å². The summed E-state index contributed by atoms with van der Waals surface area (Å²) in [4.78, 5) is 24.8. The van der Waals surface area contributed by atoms with Crippen LogP contribution in [-0.2, 0) is 4.79 Å². The number of carbonyl (C=O) groups excluding carboxylic acids is 2. The Morgan fingerprint density at radius 1 is 1.32 bits per heavy atom. The molecule has 1 aromatic carbocycles. The number of benzene rings is 1. The standard InChI is InChI=1S/C18H27N3O3.ClH/c1-11(2)16(18(24)20-9-14-8-19-10-15(14)22)21-17(23)13-6-4-5-12(3)7-13;/h4-7,11,14-16,19,22H,8-10H2,1-3H3,(H,20,24)(H,21,23);1H. The number of hydrogen-bond donors (Lipinski definition) is 4. The van der Waals surface area contributed by atoms with Crippen LogP contribution in [0.5, 0.6) is 0 Å². The molecule has 140 valence electrons. The molecule has 0 bridgehead atoms. The topological polar surface area (TPSA) is 90.5 Å². The van der Waals surface area contributed by atoms with E-state index in [4.69, 9.17) is 0 Å². The minimum Gasteiger partial charge on any atom is -0.391 e. The Kier molecular flexibility index (Phi) is 8.35. The molecule has 1 saturated heterocycles. The molecule has 0 radical (unpaired) electrons. The number of amides is 2. The maximum absolute atomic E-state index is 12.5. The molecule has 1 aromatic rings. The molecule has 2 amide bonds. The lowest BCUT2D eigenvalue weighted by Crippen LogP contribution is -2.51.